The molecule has 1 aliphatic carbocycles. The normalized spacial score (nSPS) is 14.8. The Hall–Kier alpha value is -0.662. The summed E-state index contributed by atoms with van der Waals surface area (Å²) in [4.78, 5) is 0. The number of hydrogen-bond acceptors (Lipinski definition) is 1. The first-order chi connectivity index (χ1) is 7.61. The van der Waals surface area contributed by atoms with Crippen LogP contribution in [0.1, 0.15) is 12.8 Å². The van der Waals surface area contributed by atoms with Gasteiger partial charge in [0.25, 0.3) is 0 Å². The molecule has 3 rings (SSSR count). The molecule has 2 aromatic rings. The molecular weight excluding hydrogens is 381 g/mol. The van der Waals surface area contributed by atoms with E-state index in [4.69, 9.17) is 5.73 Å². The summed E-state index contributed by atoms with van der Waals surface area (Å²) in [5.74, 6) is 0. The van der Waals surface area contributed by atoms with Crippen LogP contribution >= 0.6 is 0 Å². The second kappa shape index (κ2) is 4.68. The second-order valence-electron chi connectivity index (χ2n) is 4.19. The number of rotatable bonds is 0. The standard InChI is InChI=1S/C9H10N2.C3H7N.Pt/c1-10-7-11(2)9-6-4-3-5-8(9)10;4-3-1-2-3;/h3-6H,1-2H3;3H,1-2,4H2;. The summed E-state index contributed by atoms with van der Waals surface area (Å²) in [6.07, 6.45) is 2.53. The zero-order chi connectivity index (χ0) is 11.7. The SMILES string of the molecule is Cn1[c](=[Pt])n(C)c2ccccc21.NC1CC1. The Morgan fingerprint density at radius 1 is 1.12 bits per heavy atom. The molecule has 1 fully saturated rings. The number of aromatic nitrogens is 2. The van der Waals surface area contributed by atoms with Crippen molar-refractivity contribution in [3.8, 4) is 0 Å². The Kier molecular flexibility index (Phi) is 3.46. The van der Waals surface area contributed by atoms with Crippen LogP contribution in [-0.4, -0.2) is 15.2 Å². The minimum Gasteiger partial charge on any atom is -0.328 e. The molecule has 3 nitrogen and oxygen atoms in total. The first kappa shape index (κ1) is 11.8. The summed E-state index contributed by atoms with van der Waals surface area (Å²) in [5, 5.41) is 0. The maximum atomic E-state index is 5.22. The van der Waals surface area contributed by atoms with Crippen LogP contribution < -0.4 is 5.73 Å². The molecule has 4 heteroatoms. The van der Waals surface area contributed by atoms with Gasteiger partial charge in [-0.1, -0.05) is 0 Å². The van der Waals surface area contributed by atoms with Gasteiger partial charge in [-0.3, -0.25) is 0 Å². The molecule has 1 heterocycles. The molecule has 0 aliphatic heterocycles. The maximum absolute atomic E-state index is 5.22. The van der Waals surface area contributed by atoms with E-state index in [1.165, 1.54) is 27.7 Å². The van der Waals surface area contributed by atoms with Crippen molar-refractivity contribution in [1.29, 1.82) is 0 Å². The zero-order valence-electron chi connectivity index (χ0n) is 9.59. The van der Waals surface area contributed by atoms with Gasteiger partial charge in [0.05, 0.1) is 0 Å². The number of benzene rings is 1. The minimum absolute atomic E-state index is 0.583. The molecule has 0 atom stereocenters. The van der Waals surface area contributed by atoms with Crippen molar-refractivity contribution in [2.45, 2.75) is 18.9 Å². The fourth-order valence-corrected chi connectivity index (χ4v) is 2.08. The molecule has 0 radical (unpaired) electrons. The summed E-state index contributed by atoms with van der Waals surface area (Å²) >= 11 is 2.33. The molecule has 1 aromatic heterocycles. The number of nitrogens with two attached hydrogens (primary N) is 1. The van der Waals surface area contributed by atoms with Crippen LogP contribution in [0.15, 0.2) is 24.3 Å². The summed E-state index contributed by atoms with van der Waals surface area (Å²) in [6, 6.07) is 8.99. The first-order valence-electron chi connectivity index (χ1n) is 5.42. The molecule has 1 saturated carbocycles. The monoisotopic (exact) mass is 398 g/mol. The van der Waals surface area contributed by atoms with E-state index >= 15 is 0 Å². The quantitative estimate of drug-likeness (QED) is 0.721. The van der Waals surface area contributed by atoms with Gasteiger partial charge in [0.2, 0.25) is 0 Å². The third-order valence-electron chi connectivity index (χ3n) is 2.74. The molecule has 16 heavy (non-hydrogen) atoms. The van der Waals surface area contributed by atoms with E-state index in [1.54, 1.807) is 0 Å². The van der Waals surface area contributed by atoms with E-state index in [0.717, 1.165) is 0 Å². The summed E-state index contributed by atoms with van der Waals surface area (Å²) in [5.41, 5.74) is 7.79. The second-order valence-corrected chi connectivity index (χ2v) is 5.20. The van der Waals surface area contributed by atoms with Crippen molar-refractivity contribution in [3.05, 3.63) is 28.1 Å². The van der Waals surface area contributed by atoms with Crippen LogP contribution in [0.5, 0.6) is 0 Å². The number of para-hydroxylation sites is 2. The van der Waals surface area contributed by atoms with Crippen molar-refractivity contribution >= 4 is 11.0 Å². The van der Waals surface area contributed by atoms with Crippen LogP contribution in [-0.2, 0) is 33.4 Å². The van der Waals surface area contributed by atoms with Gasteiger partial charge in [0, 0.05) is 6.04 Å². The van der Waals surface area contributed by atoms with Crippen molar-refractivity contribution < 1.29 is 19.4 Å². The number of hydrogen-bond donors (Lipinski definition) is 1. The van der Waals surface area contributed by atoms with Crippen LogP contribution in [0.25, 0.3) is 11.0 Å². The smallest absolute Gasteiger partial charge is 0.00399 e. The number of imidazole rings is 1. The van der Waals surface area contributed by atoms with Gasteiger partial charge >= 0.3 is 81.7 Å². The summed E-state index contributed by atoms with van der Waals surface area (Å²) in [6.45, 7) is 0. The average Bonchev–Trinajstić information content (AvgIpc) is 3.05. The molecule has 0 spiro atoms. The van der Waals surface area contributed by atoms with E-state index in [9.17, 15) is 0 Å². The maximum Gasteiger partial charge on any atom is 0.00399 e. The Bertz CT molecular complexity index is 507. The van der Waals surface area contributed by atoms with E-state index < -0.39 is 0 Å². The molecule has 1 aromatic carbocycles. The van der Waals surface area contributed by atoms with Crippen LogP contribution in [0, 0.1) is 3.80 Å². The van der Waals surface area contributed by atoms with Gasteiger partial charge in [0.15, 0.2) is 0 Å². The van der Waals surface area contributed by atoms with Crippen LogP contribution in [0.4, 0.5) is 0 Å². The summed E-state index contributed by atoms with van der Waals surface area (Å²) in [7, 11) is 4.18. The molecule has 2 N–H and O–H groups in total. The van der Waals surface area contributed by atoms with Gasteiger partial charge in [0.1, 0.15) is 0 Å². The summed E-state index contributed by atoms with van der Waals surface area (Å²) < 4.78 is 5.63. The van der Waals surface area contributed by atoms with Crippen LogP contribution in [0.2, 0.25) is 0 Å². The average molecular weight is 398 g/mol. The Morgan fingerprint density at radius 3 is 1.81 bits per heavy atom. The first-order valence-corrected chi connectivity index (χ1v) is 6.56. The number of aryl methyl sites for hydroxylation is 2. The van der Waals surface area contributed by atoms with Crippen molar-refractivity contribution in [1.82, 2.24) is 9.13 Å². The topological polar surface area (TPSA) is 35.9 Å². The van der Waals surface area contributed by atoms with Gasteiger partial charge in [-0.05, 0) is 12.8 Å². The molecule has 1 aliphatic rings. The van der Waals surface area contributed by atoms with E-state index in [0.29, 0.717) is 6.04 Å². The van der Waals surface area contributed by atoms with Gasteiger partial charge in [-0.15, -0.1) is 0 Å². The van der Waals surface area contributed by atoms with Gasteiger partial charge < -0.3 is 5.73 Å². The largest absolute Gasteiger partial charge is 0.328 e. The van der Waals surface area contributed by atoms with Crippen LogP contribution in [0.3, 0.4) is 0 Å². The zero-order valence-corrected chi connectivity index (χ0v) is 11.9. The van der Waals surface area contributed by atoms with E-state index in [1.807, 2.05) is 0 Å². The number of nitrogens with zero attached hydrogens (tertiary/aromatic N) is 2. The van der Waals surface area contributed by atoms with Gasteiger partial charge in [-0.25, -0.2) is 0 Å². The molecule has 90 valence electrons. The molecule has 0 amide bonds. The van der Waals surface area contributed by atoms with Crippen molar-refractivity contribution in [2.75, 3.05) is 0 Å². The predicted octanol–water partition coefficient (Wildman–Crippen LogP) is 1.70. The minimum atomic E-state index is 0.583. The Morgan fingerprint density at radius 2 is 1.50 bits per heavy atom. The molecule has 0 unspecified atom stereocenters. The van der Waals surface area contributed by atoms with Gasteiger partial charge in [-0.2, -0.15) is 0 Å². The third-order valence-corrected chi connectivity index (χ3v) is 4.26. The number of fused-ring (bicyclic) bond motifs is 1. The fourth-order valence-electron chi connectivity index (χ4n) is 1.54. The van der Waals surface area contributed by atoms with E-state index in [2.05, 4.69) is 66.8 Å². The van der Waals surface area contributed by atoms with Crippen molar-refractivity contribution in [3.63, 3.8) is 0 Å². The predicted molar refractivity (Wildman–Crippen MR) is 62.3 cm³/mol. The molecule has 0 bridgehead atoms. The Labute approximate surface area is 106 Å². The molecule has 0 saturated heterocycles. The molecular formula is C12H17N3Pt. The van der Waals surface area contributed by atoms with Crippen molar-refractivity contribution in [2.24, 2.45) is 19.8 Å². The Balaban J connectivity index is 0.000000203. The fraction of sp³-hybridized carbons (Fsp3) is 0.417. The third kappa shape index (κ3) is 2.36. The van der Waals surface area contributed by atoms with E-state index in [-0.39, 0.29) is 0 Å².